The molecule has 2 aromatic carbocycles. The van der Waals surface area contributed by atoms with Crippen molar-refractivity contribution >= 4 is 0 Å². The van der Waals surface area contributed by atoms with E-state index in [0.29, 0.717) is 31.0 Å². The molecule has 1 aromatic heterocycles. The summed E-state index contributed by atoms with van der Waals surface area (Å²) < 4.78 is 52.8. The molecule has 8 heteroatoms. The maximum atomic E-state index is 13.0. The van der Waals surface area contributed by atoms with Crippen molar-refractivity contribution in [2.24, 2.45) is 0 Å². The number of aromatic nitrogens is 1. The number of hydrogen-bond acceptors (Lipinski definition) is 5. The average molecular weight is 392 g/mol. The second-order valence-corrected chi connectivity index (χ2v) is 5.94. The predicted molar refractivity (Wildman–Crippen MR) is 96.9 cm³/mol. The summed E-state index contributed by atoms with van der Waals surface area (Å²) >= 11 is 0. The van der Waals surface area contributed by atoms with Crippen LogP contribution in [0.1, 0.15) is 11.3 Å². The molecule has 1 heterocycles. The fourth-order valence-corrected chi connectivity index (χ4v) is 2.62. The number of nitrogens with one attached hydrogen (secondary N) is 1. The summed E-state index contributed by atoms with van der Waals surface area (Å²) in [6.45, 7) is -1.85. The summed E-state index contributed by atoms with van der Waals surface area (Å²) in [5, 5.41) is 3.21. The molecule has 0 saturated heterocycles. The van der Waals surface area contributed by atoms with Crippen molar-refractivity contribution in [3.8, 4) is 23.0 Å². The lowest BCUT2D eigenvalue weighted by Crippen LogP contribution is -2.17. The third-order valence-electron chi connectivity index (χ3n) is 3.97. The molecule has 0 aliphatic rings. The first-order valence-corrected chi connectivity index (χ1v) is 8.58. The van der Waals surface area contributed by atoms with E-state index in [9.17, 15) is 13.2 Å². The van der Waals surface area contributed by atoms with E-state index < -0.39 is 6.61 Å². The van der Waals surface area contributed by atoms with Gasteiger partial charge in [-0.25, -0.2) is 9.37 Å². The zero-order valence-corrected chi connectivity index (χ0v) is 15.1. The highest BCUT2D eigenvalue weighted by Crippen LogP contribution is 2.29. The van der Waals surface area contributed by atoms with Crippen molar-refractivity contribution in [1.29, 1.82) is 0 Å². The van der Waals surface area contributed by atoms with Crippen molar-refractivity contribution in [2.75, 3.05) is 13.7 Å². The number of halogens is 3. The zero-order chi connectivity index (χ0) is 19.9. The minimum atomic E-state index is -2.92. The molecule has 3 aromatic rings. The predicted octanol–water partition coefficient (Wildman–Crippen LogP) is 4.42. The number of benzene rings is 2. The molecule has 5 nitrogen and oxygen atoms in total. The van der Waals surface area contributed by atoms with Gasteiger partial charge in [-0.15, -0.1) is 0 Å². The molecule has 0 fully saturated rings. The van der Waals surface area contributed by atoms with Gasteiger partial charge in [-0.3, -0.25) is 0 Å². The van der Waals surface area contributed by atoms with E-state index in [1.54, 1.807) is 30.5 Å². The number of alkyl halides is 2. The van der Waals surface area contributed by atoms with Crippen LogP contribution in [0.5, 0.6) is 11.5 Å². The molecule has 28 heavy (non-hydrogen) atoms. The van der Waals surface area contributed by atoms with Crippen LogP contribution in [-0.4, -0.2) is 25.3 Å². The van der Waals surface area contributed by atoms with E-state index in [1.165, 1.54) is 25.3 Å². The first-order chi connectivity index (χ1) is 13.5. The van der Waals surface area contributed by atoms with Gasteiger partial charge < -0.3 is 19.2 Å². The number of oxazole rings is 1. The Kier molecular flexibility index (Phi) is 6.54. The Morgan fingerprint density at radius 1 is 1.11 bits per heavy atom. The molecule has 0 aliphatic heterocycles. The SMILES string of the molecule is COc1ccc(CNCCc2coc(-c3ccc(F)cc3)n2)cc1OC(F)F. The molecule has 0 bridgehead atoms. The number of methoxy groups -OCH3 is 1. The van der Waals surface area contributed by atoms with Gasteiger partial charge in [0.25, 0.3) is 0 Å². The van der Waals surface area contributed by atoms with Gasteiger partial charge >= 0.3 is 6.61 Å². The van der Waals surface area contributed by atoms with Gasteiger partial charge in [0.15, 0.2) is 11.5 Å². The van der Waals surface area contributed by atoms with Crippen LogP contribution in [-0.2, 0) is 13.0 Å². The average Bonchev–Trinajstić information content (AvgIpc) is 3.14. The first-order valence-electron chi connectivity index (χ1n) is 8.58. The van der Waals surface area contributed by atoms with Crippen LogP contribution in [0.15, 0.2) is 53.1 Å². The van der Waals surface area contributed by atoms with Crippen molar-refractivity contribution in [2.45, 2.75) is 19.6 Å². The van der Waals surface area contributed by atoms with Crippen LogP contribution >= 0.6 is 0 Å². The van der Waals surface area contributed by atoms with Gasteiger partial charge in [0.1, 0.15) is 12.1 Å². The standard InChI is InChI=1S/C20H19F3N2O3/c1-26-17-7-2-13(10-18(17)28-20(22)23)11-24-9-8-16-12-27-19(25-16)14-3-5-15(21)6-4-14/h2-7,10,12,20,24H,8-9,11H2,1H3. The van der Waals surface area contributed by atoms with E-state index in [1.807, 2.05) is 0 Å². The van der Waals surface area contributed by atoms with Gasteiger partial charge in [0, 0.05) is 25.1 Å². The van der Waals surface area contributed by atoms with Crippen molar-refractivity contribution < 1.29 is 27.1 Å². The Balaban J connectivity index is 1.51. The summed E-state index contributed by atoms with van der Waals surface area (Å²) in [5.41, 5.74) is 2.23. The molecule has 0 radical (unpaired) electrons. The van der Waals surface area contributed by atoms with Crippen LogP contribution in [0.25, 0.3) is 11.5 Å². The van der Waals surface area contributed by atoms with Crippen molar-refractivity contribution in [1.82, 2.24) is 10.3 Å². The van der Waals surface area contributed by atoms with Gasteiger partial charge in [0.05, 0.1) is 12.8 Å². The topological polar surface area (TPSA) is 56.5 Å². The monoisotopic (exact) mass is 392 g/mol. The second kappa shape index (κ2) is 9.27. The first kappa shape index (κ1) is 19.8. The molecule has 0 spiro atoms. The molecule has 148 valence electrons. The molecule has 1 N–H and O–H groups in total. The number of hydrogen-bond donors (Lipinski definition) is 1. The number of rotatable bonds is 9. The van der Waals surface area contributed by atoms with E-state index in [2.05, 4.69) is 15.0 Å². The Hall–Kier alpha value is -3.00. The van der Waals surface area contributed by atoms with Gasteiger partial charge in [0.2, 0.25) is 5.89 Å². The summed E-state index contributed by atoms with van der Waals surface area (Å²) in [6, 6.07) is 10.8. The Labute approximate surface area is 160 Å². The third-order valence-corrected chi connectivity index (χ3v) is 3.97. The minimum Gasteiger partial charge on any atom is -0.493 e. The quantitative estimate of drug-likeness (QED) is 0.546. The Morgan fingerprint density at radius 2 is 1.89 bits per heavy atom. The van der Waals surface area contributed by atoms with Crippen LogP contribution in [0.2, 0.25) is 0 Å². The maximum absolute atomic E-state index is 13.0. The summed E-state index contributed by atoms with van der Waals surface area (Å²) in [6.07, 6.45) is 2.17. The zero-order valence-electron chi connectivity index (χ0n) is 15.1. The molecule has 0 saturated carbocycles. The van der Waals surface area contributed by atoms with Crippen molar-refractivity contribution in [3.63, 3.8) is 0 Å². The van der Waals surface area contributed by atoms with Crippen LogP contribution < -0.4 is 14.8 Å². The van der Waals surface area contributed by atoms with E-state index in [0.717, 1.165) is 11.3 Å². The lowest BCUT2D eigenvalue weighted by atomic mass is 10.2. The fraction of sp³-hybridized carbons (Fsp3) is 0.250. The summed E-state index contributed by atoms with van der Waals surface area (Å²) in [4.78, 5) is 4.38. The highest BCUT2D eigenvalue weighted by atomic mass is 19.3. The van der Waals surface area contributed by atoms with Crippen LogP contribution in [0, 0.1) is 5.82 Å². The Morgan fingerprint density at radius 3 is 2.61 bits per heavy atom. The van der Waals surface area contributed by atoms with E-state index in [-0.39, 0.29) is 17.3 Å². The normalized spacial score (nSPS) is 11.0. The fourth-order valence-electron chi connectivity index (χ4n) is 2.62. The Bertz CT molecular complexity index is 898. The van der Waals surface area contributed by atoms with Gasteiger partial charge in [-0.2, -0.15) is 8.78 Å². The molecular weight excluding hydrogens is 373 g/mol. The molecule has 0 unspecified atom stereocenters. The smallest absolute Gasteiger partial charge is 0.387 e. The summed E-state index contributed by atoms with van der Waals surface area (Å²) in [5.74, 6) is 0.358. The van der Waals surface area contributed by atoms with E-state index >= 15 is 0 Å². The highest BCUT2D eigenvalue weighted by Gasteiger charge is 2.11. The molecule has 0 aliphatic carbocycles. The van der Waals surface area contributed by atoms with Crippen LogP contribution in [0.3, 0.4) is 0 Å². The molecular formula is C20H19F3N2O3. The van der Waals surface area contributed by atoms with E-state index in [4.69, 9.17) is 9.15 Å². The number of ether oxygens (including phenoxy) is 2. The van der Waals surface area contributed by atoms with Gasteiger partial charge in [-0.05, 0) is 42.0 Å². The number of nitrogens with zero attached hydrogens (tertiary/aromatic N) is 1. The minimum absolute atomic E-state index is 0.00255. The molecule has 3 rings (SSSR count). The largest absolute Gasteiger partial charge is 0.493 e. The lowest BCUT2D eigenvalue weighted by Gasteiger charge is -2.12. The highest BCUT2D eigenvalue weighted by molar-refractivity contribution is 5.52. The van der Waals surface area contributed by atoms with Crippen LogP contribution in [0.4, 0.5) is 13.2 Å². The molecule has 0 amide bonds. The van der Waals surface area contributed by atoms with Gasteiger partial charge in [-0.1, -0.05) is 6.07 Å². The third kappa shape index (κ3) is 5.26. The summed E-state index contributed by atoms with van der Waals surface area (Å²) in [7, 11) is 1.39. The maximum Gasteiger partial charge on any atom is 0.387 e. The van der Waals surface area contributed by atoms with Crippen molar-refractivity contribution in [3.05, 3.63) is 65.8 Å². The second-order valence-electron chi connectivity index (χ2n) is 5.94. The molecule has 0 atom stereocenters. The lowest BCUT2D eigenvalue weighted by molar-refractivity contribution is -0.0512.